The Hall–Kier alpha value is -1.36. The molecule has 1 aliphatic carbocycles. The molecule has 3 rings (SSSR count). The van der Waals surface area contributed by atoms with Crippen molar-refractivity contribution >= 4 is 11.3 Å². The molecule has 0 bridgehead atoms. The van der Waals surface area contributed by atoms with Gasteiger partial charge in [-0.3, -0.25) is 0 Å². The Morgan fingerprint density at radius 1 is 1.47 bits per heavy atom. The van der Waals surface area contributed by atoms with Gasteiger partial charge in [-0.2, -0.15) is 4.98 Å². The predicted molar refractivity (Wildman–Crippen MR) is 65.0 cm³/mol. The van der Waals surface area contributed by atoms with Crippen LogP contribution < -0.4 is 0 Å². The molecule has 2 heterocycles. The molecule has 5 heteroatoms. The number of hydrogen-bond acceptors (Lipinski definition) is 5. The summed E-state index contributed by atoms with van der Waals surface area (Å²) in [4.78, 5) is 5.06. The zero-order chi connectivity index (χ0) is 11.8. The standard InChI is InChI=1S/C12H14N2O2S/c1-7-2-3-8(6-7)11-13-12(16-14-11)10-9(15)4-5-17-10/h4-5,7-8,15H,2-3,6H2,1H3. The van der Waals surface area contributed by atoms with E-state index >= 15 is 0 Å². The summed E-state index contributed by atoms with van der Waals surface area (Å²) in [7, 11) is 0. The zero-order valence-corrected chi connectivity index (χ0v) is 10.4. The van der Waals surface area contributed by atoms with Crippen LogP contribution in [0.2, 0.25) is 0 Å². The SMILES string of the molecule is CC1CCC(c2noc(-c3sccc3O)n2)C1. The molecule has 2 unspecified atom stereocenters. The van der Waals surface area contributed by atoms with Crippen LogP contribution in [0.5, 0.6) is 5.75 Å². The number of aromatic nitrogens is 2. The van der Waals surface area contributed by atoms with Gasteiger partial charge in [0.15, 0.2) is 5.82 Å². The average Bonchev–Trinajstić information content (AvgIpc) is 2.97. The van der Waals surface area contributed by atoms with Gasteiger partial charge in [0.05, 0.1) is 0 Å². The van der Waals surface area contributed by atoms with Gasteiger partial charge in [-0.05, 0) is 36.6 Å². The molecule has 1 N–H and O–H groups in total. The summed E-state index contributed by atoms with van der Waals surface area (Å²) in [5.74, 6) is 2.61. The van der Waals surface area contributed by atoms with Gasteiger partial charge in [-0.1, -0.05) is 12.1 Å². The van der Waals surface area contributed by atoms with Crippen molar-refractivity contribution in [2.45, 2.75) is 32.1 Å². The fourth-order valence-electron chi connectivity index (χ4n) is 2.40. The van der Waals surface area contributed by atoms with Gasteiger partial charge >= 0.3 is 0 Å². The van der Waals surface area contributed by atoms with E-state index in [1.54, 1.807) is 6.07 Å². The van der Waals surface area contributed by atoms with Crippen molar-refractivity contribution in [3.05, 3.63) is 17.3 Å². The molecule has 0 radical (unpaired) electrons. The lowest BCUT2D eigenvalue weighted by atomic mass is 10.1. The molecule has 1 aliphatic rings. The molecule has 4 nitrogen and oxygen atoms in total. The highest BCUT2D eigenvalue weighted by molar-refractivity contribution is 7.13. The molecule has 1 fully saturated rings. The molecule has 2 aromatic rings. The summed E-state index contributed by atoms with van der Waals surface area (Å²) in [6.07, 6.45) is 3.50. The molecule has 90 valence electrons. The minimum Gasteiger partial charge on any atom is -0.506 e. The summed E-state index contributed by atoms with van der Waals surface area (Å²) in [6.45, 7) is 2.26. The highest BCUT2D eigenvalue weighted by Crippen LogP contribution is 2.38. The minimum absolute atomic E-state index is 0.213. The molecule has 0 saturated heterocycles. The van der Waals surface area contributed by atoms with E-state index in [4.69, 9.17) is 4.52 Å². The van der Waals surface area contributed by atoms with Gasteiger partial charge in [0, 0.05) is 5.92 Å². The average molecular weight is 250 g/mol. The predicted octanol–water partition coefficient (Wildman–Crippen LogP) is 3.41. The van der Waals surface area contributed by atoms with Crippen molar-refractivity contribution in [3.63, 3.8) is 0 Å². The van der Waals surface area contributed by atoms with Gasteiger partial charge in [-0.25, -0.2) is 0 Å². The third kappa shape index (κ3) is 1.95. The van der Waals surface area contributed by atoms with E-state index in [-0.39, 0.29) is 5.75 Å². The van der Waals surface area contributed by atoms with Gasteiger partial charge in [0.2, 0.25) is 0 Å². The van der Waals surface area contributed by atoms with Crippen LogP contribution >= 0.6 is 11.3 Å². The maximum Gasteiger partial charge on any atom is 0.271 e. The number of rotatable bonds is 2. The molecule has 0 aliphatic heterocycles. The lowest BCUT2D eigenvalue weighted by Gasteiger charge is -2.01. The molecular formula is C12H14N2O2S. The Balaban J connectivity index is 1.86. The van der Waals surface area contributed by atoms with Crippen molar-refractivity contribution in [1.29, 1.82) is 0 Å². The number of thiophene rings is 1. The van der Waals surface area contributed by atoms with E-state index in [9.17, 15) is 5.11 Å². The summed E-state index contributed by atoms with van der Waals surface area (Å²) < 4.78 is 5.23. The molecule has 1 saturated carbocycles. The van der Waals surface area contributed by atoms with Gasteiger partial charge in [-0.15, -0.1) is 11.3 Å². The summed E-state index contributed by atoms with van der Waals surface area (Å²) in [5, 5.41) is 15.5. The second-order valence-corrected chi connectivity index (χ2v) is 5.62. The van der Waals surface area contributed by atoms with E-state index in [0.717, 1.165) is 24.6 Å². The summed E-state index contributed by atoms with van der Waals surface area (Å²) in [6, 6.07) is 1.64. The second-order valence-electron chi connectivity index (χ2n) is 4.71. The van der Waals surface area contributed by atoms with Crippen LogP contribution in [0.4, 0.5) is 0 Å². The second kappa shape index (κ2) is 4.14. The molecular weight excluding hydrogens is 236 g/mol. The Morgan fingerprint density at radius 3 is 3.00 bits per heavy atom. The highest BCUT2D eigenvalue weighted by Gasteiger charge is 2.27. The third-order valence-corrected chi connectivity index (χ3v) is 4.23. The van der Waals surface area contributed by atoms with Crippen molar-refractivity contribution in [1.82, 2.24) is 10.1 Å². The van der Waals surface area contributed by atoms with Crippen LogP contribution in [0.3, 0.4) is 0 Å². The van der Waals surface area contributed by atoms with Crippen LogP contribution in [0.15, 0.2) is 16.0 Å². The first kappa shape index (κ1) is 10.8. The minimum atomic E-state index is 0.213. The first-order valence-corrected chi connectivity index (χ1v) is 6.72. The smallest absolute Gasteiger partial charge is 0.271 e. The Kier molecular flexibility index (Phi) is 2.63. The summed E-state index contributed by atoms with van der Waals surface area (Å²) >= 11 is 1.41. The van der Waals surface area contributed by atoms with Crippen LogP contribution in [0.1, 0.15) is 37.9 Å². The fraction of sp³-hybridized carbons (Fsp3) is 0.500. The van der Waals surface area contributed by atoms with Crippen LogP contribution in [0, 0.1) is 5.92 Å². The molecule has 0 spiro atoms. The Morgan fingerprint density at radius 2 is 2.35 bits per heavy atom. The van der Waals surface area contributed by atoms with E-state index in [1.165, 1.54) is 17.8 Å². The van der Waals surface area contributed by atoms with E-state index < -0.39 is 0 Å². The quantitative estimate of drug-likeness (QED) is 0.887. The molecule has 17 heavy (non-hydrogen) atoms. The van der Waals surface area contributed by atoms with Crippen molar-refractivity contribution in [3.8, 4) is 16.5 Å². The maximum atomic E-state index is 9.60. The molecule has 2 aromatic heterocycles. The normalized spacial score (nSPS) is 24.3. The highest BCUT2D eigenvalue weighted by atomic mass is 32.1. The van der Waals surface area contributed by atoms with Crippen molar-refractivity contribution in [2.75, 3.05) is 0 Å². The van der Waals surface area contributed by atoms with Gasteiger partial charge in [0.1, 0.15) is 10.6 Å². The lowest BCUT2D eigenvalue weighted by molar-refractivity contribution is 0.412. The maximum absolute atomic E-state index is 9.60. The van der Waals surface area contributed by atoms with Crippen molar-refractivity contribution < 1.29 is 9.63 Å². The monoisotopic (exact) mass is 250 g/mol. The van der Waals surface area contributed by atoms with E-state index in [0.29, 0.717) is 16.7 Å². The van der Waals surface area contributed by atoms with Gasteiger partial charge < -0.3 is 9.63 Å². The number of aromatic hydroxyl groups is 1. The zero-order valence-electron chi connectivity index (χ0n) is 9.59. The molecule has 0 amide bonds. The van der Waals surface area contributed by atoms with Crippen LogP contribution in [-0.4, -0.2) is 15.2 Å². The van der Waals surface area contributed by atoms with Crippen LogP contribution in [-0.2, 0) is 0 Å². The first-order chi connectivity index (χ1) is 8.24. The van der Waals surface area contributed by atoms with Crippen LogP contribution in [0.25, 0.3) is 10.8 Å². The number of hydrogen-bond donors (Lipinski definition) is 1. The van der Waals surface area contributed by atoms with Gasteiger partial charge in [0.25, 0.3) is 5.89 Å². The molecule has 2 atom stereocenters. The Bertz CT molecular complexity index is 520. The lowest BCUT2D eigenvalue weighted by Crippen LogP contribution is -1.95. The first-order valence-electron chi connectivity index (χ1n) is 5.84. The topological polar surface area (TPSA) is 59.2 Å². The number of nitrogens with zero attached hydrogens (tertiary/aromatic N) is 2. The summed E-state index contributed by atoms with van der Waals surface area (Å²) in [5.41, 5.74) is 0. The molecule has 0 aromatic carbocycles. The third-order valence-electron chi connectivity index (χ3n) is 3.34. The van der Waals surface area contributed by atoms with E-state index in [2.05, 4.69) is 17.1 Å². The van der Waals surface area contributed by atoms with E-state index in [1.807, 2.05) is 5.38 Å². The van der Waals surface area contributed by atoms with Crippen molar-refractivity contribution in [2.24, 2.45) is 5.92 Å². The fourth-order valence-corrected chi connectivity index (χ4v) is 3.10. The largest absolute Gasteiger partial charge is 0.506 e. The Labute approximate surface area is 103 Å².